The quantitative estimate of drug-likeness (QED) is 0.650. The van der Waals surface area contributed by atoms with Gasteiger partial charge in [0.25, 0.3) is 0 Å². The highest BCUT2D eigenvalue weighted by Gasteiger charge is 2.21. The summed E-state index contributed by atoms with van der Waals surface area (Å²) in [5.74, 6) is 1.51. The van der Waals surface area contributed by atoms with Gasteiger partial charge < -0.3 is 5.73 Å². The molecular formula is C9H23NSi. The molecule has 0 radical (unpaired) electrons. The Bertz CT molecular complexity index is 105. The maximum Gasteiger partial charge on any atom is 0.0446 e. The molecule has 11 heavy (non-hydrogen) atoms. The minimum atomic E-state index is -0.884. The number of nitrogens with two attached hydrogens (primary N) is 1. The normalized spacial score (nSPS) is 15.5. The largest absolute Gasteiger partial charge is 0.330 e. The highest BCUT2D eigenvalue weighted by Crippen LogP contribution is 2.22. The molecule has 0 rings (SSSR count). The van der Waals surface area contributed by atoms with Crippen molar-refractivity contribution in [1.82, 2.24) is 0 Å². The monoisotopic (exact) mass is 173 g/mol. The molecule has 0 fully saturated rings. The number of rotatable bonds is 4. The lowest BCUT2D eigenvalue weighted by Gasteiger charge is -2.26. The van der Waals surface area contributed by atoms with Crippen molar-refractivity contribution >= 4 is 8.07 Å². The van der Waals surface area contributed by atoms with Gasteiger partial charge in [-0.25, -0.2) is 0 Å². The Morgan fingerprint density at radius 1 is 1.18 bits per heavy atom. The highest BCUT2D eigenvalue weighted by atomic mass is 28.3. The minimum Gasteiger partial charge on any atom is -0.330 e. The Hall–Kier alpha value is 0.177. The van der Waals surface area contributed by atoms with Crippen LogP contribution in [0.4, 0.5) is 0 Å². The third-order valence-corrected chi connectivity index (χ3v) is 3.87. The molecule has 68 valence electrons. The van der Waals surface area contributed by atoms with E-state index in [-0.39, 0.29) is 0 Å². The first kappa shape index (κ1) is 11.2. The maximum atomic E-state index is 5.70. The standard InChI is InChI=1S/C9H23NSi/c1-8(2)9(6-10)7-11(3,4)5/h8-9H,6-7,10H2,1-5H3. The molecule has 1 unspecified atom stereocenters. The van der Waals surface area contributed by atoms with Crippen molar-refractivity contribution in [1.29, 1.82) is 0 Å². The van der Waals surface area contributed by atoms with Crippen LogP contribution in [0.2, 0.25) is 25.7 Å². The lowest BCUT2D eigenvalue weighted by molar-refractivity contribution is 0.425. The van der Waals surface area contributed by atoms with E-state index in [1.54, 1.807) is 0 Å². The molecule has 0 bridgehead atoms. The molecule has 0 aromatic carbocycles. The van der Waals surface area contributed by atoms with Crippen molar-refractivity contribution < 1.29 is 0 Å². The zero-order chi connectivity index (χ0) is 9.07. The molecule has 2 N–H and O–H groups in total. The third-order valence-electron chi connectivity index (χ3n) is 2.12. The van der Waals surface area contributed by atoms with Gasteiger partial charge in [0.15, 0.2) is 0 Å². The molecule has 1 nitrogen and oxygen atoms in total. The van der Waals surface area contributed by atoms with Crippen LogP contribution >= 0.6 is 0 Å². The van der Waals surface area contributed by atoms with Gasteiger partial charge in [0.2, 0.25) is 0 Å². The van der Waals surface area contributed by atoms with E-state index in [4.69, 9.17) is 5.73 Å². The Labute approximate surface area is 72.4 Å². The summed E-state index contributed by atoms with van der Waals surface area (Å²) in [4.78, 5) is 0. The molecule has 0 aliphatic heterocycles. The Morgan fingerprint density at radius 3 is 1.73 bits per heavy atom. The summed E-state index contributed by atoms with van der Waals surface area (Å²) in [5.41, 5.74) is 5.70. The molecule has 0 aliphatic carbocycles. The number of hydrogen-bond donors (Lipinski definition) is 1. The van der Waals surface area contributed by atoms with Gasteiger partial charge in [-0.15, -0.1) is 0 Å². The van der Waals surface area contributed by atoms with E-state index >= 15 is 0 Å². The van der Waals surface area contributed by atoms with Gasteiger partial charge in [-0.2, -0.15) is 0 Å². The molecular weight excluding hydrogens is 150 g/mol. The summed E-state index contributed by atoms with van der Waals surface area (Å²) in [6.45, 7) is 12.7. The topological polar surface area (TPSA) is 26.0 Å². The van der Waals surface area contributed by atoms with Crippen molar-refractivity contribution in [2.24, 2.45) is 17.6 Å². The molecule has 0 aliphatic rings. The zero-order valence-corrected chi connectivity index (χ0v) is 9.65. The van der Waals surface area contributed by atoms with Crippen LogP contribution in [-0.2, 0) is 0 Å². The molecule has 0 heterocycles. The van der Waals surface area contributed by atoms with E-state index < -0.39 is 8.07 Å². The summed E-state index contributed by atoms with van der Waals surface area (Å²) in [7, 11) is -0.884. The highest BCUT2D eigenvalue weighted by molar-refractivity contribution is 6.76. The lowest BCUT2D eigenvalue weighted by Crippen LogP contribution is -2.30. The van der Waals surface area contributed by atoms with E-state index in [0.29, 0.717) is 0 Å². The second-order valence-corrected chi connectivity index (χ2v) is 10.5. The van der Waals surface area contributed by atoms with Crippen molar-refractivity contribution in [3.8, 4) is 0 Å². The van der Waals surface area contributed by atoms with Crippen LogP contribution in [0.3, 0.4) is 0 Å². The predicted molar refractivity (Wildman–Crippen MR) is 55.5 cm³/mol. The first-order valence-corrected chi connectivity index (χ1v) is 8.27. The van der Waals surface area contributed by atoms with E-state index in [9.17, 15) is 0 Å². The van der Waals surface area contributed by atoms with Crippen molar-refractivity contribution in [3.63, 3.8) is 0 Å². The number of hydrogen-bond acceptors (Lipinski definition) is 1. The average molecular weight is 173 g/mol. The van der Waals surface area contributed by atoms with Gasteiger partial charge in [0.05, 0.1) is 0 Å². The van der Waals surface area contributed by atoms with E-state index in [2.05, 4.69) is 33.5 Å². The van der Waals surface area contributed by atoms with Gasteiger partial charge in [-0.3, -0.25) is 0 Å². The minimum absolute atomic E-state index is 0.752. The van der Waals surface area contributed by atoms with E-state index in [1.165, 1.54) is 6.04 Å². The van der Waals surface area contributed by atoms with Crippen molar-refractivity contribution in [2.75, 3.05) is 6.54 Å². The van der Waals surface area contributed by atoms with Crippen LogP contribution in [0.15, 0.2) is 0 Å². The van der Waals surface area contributed by atoms with Crippen molar-refractivity contribution in [2.45, 2.75) is 39.5 Å². The summed E-state index contributed by atoms with van der Waals surface area (Å²) in [6, 6.07) is 1.38. The third kappa shape index (κ3) is 5.45. The molecule has 1 atom stereocenters. The fourth-order valence-electron chi connectivity index (χ4n) is 1.38. The molecule has 2 heteroatoms. The molecule has 0 amide bonds. The van der Waals surface area contributed by atoms with Crippen LogP contribution in [0.25, 0.3) is 0 Å². The fraction of sp³-hybridized carbons (Fsp3) is 1.00. The second kappa shape index (κ2) is 4.26. The molecule has 0 aromatic heterocycles. The van der Waals surface area contributed by atoms with Gasteiger partial charge in [0.1, 0.15) is 0 Å². The zero-order valence-electron chi connectivity index (χ0n) is 8.65. The van der Waals surface area contributed by atoms with Gasteiger partial charge >= 0.3 is 0 Å². The van der Waals surface area contributed by atoms with Gasteiger partial charge in [0, 0.05) is 8.07 Å². The van der Waals surface area contributed by atoms with Crippen LogP contribution in [0.5, 0.6) is 0 Å². The van der Waals surface area contributed by atoms with Crippen LogP contribution < -0.4 is 5.73 Å². The molecule has 0 saturated heterocycles. The van der Waals surface area contributed by atoms with Crippen LogP contribution in [-0.4, -0.2) is 14.6 Å². The summed E-state index contributed by atoms with van der Waals surface area (Å²) in [5, 5.41) is 0. The molecule has 0 aromatic rings. The Balaban J connectivity index is 3.88. The Morgan fingerprint density at radius 2 is 1.64 bits per heavy atom. The maximum absolute atomic E-state index is 5.70. The second-order valence-electron chi connectivity index (χ2n) is 5.00. The van der Waals surface area contributed by atoms with Crippen LogP contribution in [0.1, 0.15) is 13.8 Å². The lowest BCUT2D eigenvalue weighted by atomic mass is 9.98. The Kier molecular flexibility index (Phi) is 4.33. The van der Waals surface area contributed by atoms with Crippen molar-refractivity contribution in [3.05, 3.63) is 0 Å². The van der Waals surface area contributed by atoms with E-state index in [1.807, 2.05) is 0 Å². The summed E-state index contributed by atoms with van der Waals surface area (Å²) in [6.07, 6.45) is 0. The predicted octanol–water partition coefficient (Wildman–Crippen LogP) is 2.56. The SMILES string of the molecule is CC(C)C(CN)C[Si](C)(C)C. The van der Waals surface area contributed by atoms with Crippen LogP contribution in [0, 0.1) is 11.8 Å². The molecule has 0 spiro atoms. The first-order chi connectivity index (χ1) is 4.87. The first-order valence-electron chi connectivity index (χ1n) is 4.57. The van der Waals surface area contributed by atoms with Gasteiger partial charge in [-0.05, 0) is 18.4 Å². The summed E-state index contributed by atoms with van der Waals surface area (Å²) < 4.78 is 0. The fourth-order valence-corrected chi connectivity index (χ4v) is 3.59. The van der Waals surface area contributed by atoms with E-state index in [0.717, 1.165) is 18.4 Å². The smallest absolute Gasteiger partial charge is 0.0446 e. The van der Waals surface area contributed by atoms with Gasteiger partial charge in [-0.1, -0.05) is 39.5 Å². The average Bonchev–Trinajstić information content (AvgIpc) is 1.80. The molecule has 0 saturated carbocycles. The summed E-state index contributed by atoms with van der Waals surface area (Å²) >= 11 is 0.